The van der Waals surface area contributed by atoms with E-state index in [1.807, 2.05) is 18.3 Å². The molecule has 1 aliphatic carbocycles. The Morgan fingerprint density at radius 2 is 1.89 bits per heavy atom. The van der Waals surface area contributed by atoms with Crippen molar-refractivity contribution in [3.63, 3.8) is 0 Å². The number of pyridine rings is 1. The van der Waals surface area contributed by atoms with Crippen molar-refractivity contribution in [3.8, 4) is 11.3 Å². The Labute approximate surface area is 165 Å². The molecular weight excluding hydrogens is 348 g/mol. The first-order chi connectivity index (χ1) is 13.5. The summed E-state index contributed by atoms with van der Waals surface area (Å²) in [6, 6.07) is 14.9. The van der Waals surface area contributed by atoms with Crippen LogP contribution < -0.4 is 5.32 Å². The summed E-state index contributed by atoms with van der Waals surface area (Å²) < 4.78 is 2.05. The van der Waals surface area contributed by atoms with E-state index in [4.69, 9.17) is 0 Å². The van der Waals surface area contributed by atoms with Crippen LogP contribution in [0.25, 0.3) is 16.9 Å². The normalized spacial score (nSPS) is 18.8. The molecule has 2 fully saturated rings. The summed E-state index contributed by atoms with van der Waals surface area (Å²) in [6.07, 6.45) is 3.90. The highest BCUT2D eigenvalue weighted by molar-refractivity contribution is 5.93. The zero-order valence-electron chi connectivity index (χ0n) is 16.5. The zero-order valence-corrected chi connectivity index (χ0v) is 16.5. The van der Waals surface area contributed by atoms with Gasteiger partial charge in [-0.25, -0.2) is 4.98 Å². The first-order valence-corrected chi connectivity index (χ1v) is 10.1. The van der Waals surface area contributed by atoms with E-state index in [0.29, 0.717) is 11.2 Å². The lowest BCUT2D eigenvalue weighted by atomic mass is 9.84. The number of benzene rings is 1. The number of hydrogen-bond donors (Lipinski definition) is 1. The maximum Gasteiger partial charge on any atom is 0.228 e. The molecule has 5 heteroatoms. The van der Waals surface area contributed by atoms with Crippen LogP contribution in [0.3, 0.4) is 0 Å². The van der Waals surface area contributed by atoms with E-state index in [0.717, 1.165) is 36.3 Å². The van der Waals surface area contributed by atoms with Gasteiger partial charge in [-0.15, -0.1) is 0 Å². The van der Waals surface area contributed by atoms with Crippen LogP contribution in [0.4, 0.5) is 5.82 Å². The summed E-state index contributed by atoms with van der Waals surface area (Å²) in [6.45, 7) is 7.98. The maximum atomic E-state index is 12.0. The minimum absolute atomic E-state index is 0.0866. The van der Waals surface area contributed by atoms with Gasteiger partial charge in [0.05, 0.1) is 11.9 Å². The van der Waals surface area contributed by atoms with E-state index in [1.165, 1.54) is 18.7 Å². The molecule has 3 heterocycles. The number of nitrogens with one attached hydrogen (secondary N) is 1. The third-order valence-electron chi connectivity index (χ3n) is 5.65. The van der Waals surface area contributed by atoms with Crippen LogP contribution in [0.1, 0.15) is 32.3 Å². The van der Waals surface area contributed by atoms with Gasteiger partial charge in [0.25, 0.3) is 0 Å². The number of likely N-dealkylation sites (tertiary alicyclic amines) is 1. The molecule has 1 amide bonds. The lowest BCUT2D eigenvalue weighted by Crippen LogP contribution is -2.52. The lowest BCUT2D eigenvalue weighted by Gasteiger charge is -2.46. The predicted octanol–water partition coefficient (Wildman–Crippen LogP) is 4.19. The highest BCUT2D eigenvalue weighted by Gasteiger charge is 2.33. The van der Waals surface area contributed by atoms with Crippen molar-refractivity contribution in [3.05, 3.63) is 54.2 Å². The fourth-order valence-corrected chi connectivity index (χ4v) is 4.20. The molecule has 2 aliphatic rings. The first-order valence-electron chi connectivity index (χ1n) is 10.1. The molecule has 1 N–H and O–H groups in total. The molecule has 5 rings (SSSR count). The van der Waals surface area contributed by atoms with Gasteiger partial charge >= 0.3 is 0 Å². The number of hydrogen-bond acceptors (Lipinski definition) is 3. The fraction of sp³-hybridized carbons (Fsp3) is 0.391. The van der Waals surface area contributed by atoms with Gasteiger partial charge in [0.1, 0.15) is 5.65 Å². The molecule has 28 heavy (non-hydrogen) atoms. The highest BCUT2D eigenvalue weighted by Crippen LogP contribution is 2.31. The summed E-state index contributed by atoms with van der Waals surface area (Å²) in [7, 11) is 0. The largest absolute Gasteiger partial charge is 0.309 e. The molecule has 0 radical (unpaired) electrons. The summed E-state index contributed by atoms with van der Waals surface area (Å²) in [5.41, 5.74) is 4.87. The number of aromatic nitrogens is 2. The number of carbonyl (C=O) groups excluding carboxylic acids is 1. The highest BCUT2D eigenvalue weighted by atomic mass is 16.2. The Morgan fingerprint density at radius 3 is 2.57 bits per heavy atom. The van der Waals surface area contributed by atoms with E-state index in [9.17, 15) is 4.79 Å². The van der Waals surface area contributed by atoms with Crippen LogP contribution in [0.2, 0.25) is 0 Å². The Morgan fingerprint density at radius 1 is 1.14 bits per heavy atom. The number of rotatable bonds is 5. The number of fused-ring (bicyclic) bond motifs is 1. The van der Waals surface area contributed by atoms with E-state index in [-0.39, 0.29) is 11.8 Å². The van der Waals surface area contributed by atoms with Gasteiger partial charge < -0.3 is 5.32 Å². The molecule has 1 aliphatic heterocycles. The van der Waals surface area contributed by atoms with Crippen molar-refractivity contribution in [2.75, 3.05) is 18.4 Å². The molecule has 1 aromatic carbocycles. The Hall–Kier alpha value is -2.66. The second-order valence-corrected chi connectivity index (χ2v) is 9.04. The number of anilines is 1. The smallest absolute Gasteiger partial charge is 0.228 e. The van der Waals surface area contributed by atoms with Gasteiger partial charge in [-0.3, -0.25) is 14.1 Å². The summed E-state index contributed by atoms with van der Waals surface area (Å²) in [5, 5.41) is 2.95. The van der Waals surface area contributed by atoms with E-state index >= 15 is 0 Å². The molecule has 3 aromatic rings. The molecule has 0 atom stereocenters. The Bertz CT molecular complexity index is 1020. The standard InChI is InChI=1S/C23H26N4O/c1-23(2)14-26(15-23)12-16-6-8-17(9-7-16)19-4-3-5-21-24-20(13-27(19)21)25-22(28)18-10-11-18/h3-9,13,18H,10-12,14-15H2,1-2H3,(H,25,28). The molecule has 1 saturated carbocycles. The van der Waals surface area contributed by atoms with Crippen molar-refractivity contribution >= 4 is 17.4 Å². The predicted molar refractivity (Wildman–Crippen MR) is 111 cm³/mol. The van der Waals surface area contributed by atoms with Crippen LogP contribution in [0, 0.1) is 11.3 Å². The van der Waals surface area contributed by atoms with Gasteiger partial charge in [-0.05, 0) is 41.5 Å². The summed E-state index contributed by atoms with van der Waals surface area (Å²) in [4.78, 5) is 19.1. The molecule has 5 nitrogen and oxygen atoms in total. The van der Waals surface area contributed by atoms with Crippen molar-refractivity contribution in [1.29, 1.82) is 0 Å². The number of amides is 1. The van der Waals surface area contributed by atoms with Crippen LogP contribution in [0.15, 0.2) is 48.7 Å². The van der Waals surface area contributed by atoms with Gasteiger partial charge in [0.2, 0.25) is 5.91 Å². The third kappa shape index (κ3) is 3.42. The van der Waals surface area contributed by atoms with E-state index in [1.54, 1.807) is 0 Å². The fourth-order valence-electron chi connectivity index (χ4n) is 4.20. The number of carbonyl (C=O) groups is 1. The van der Waals surface area contributed by atoms with Crippen LogP contribution in [-0.2, 0) is 11.3 Å². The Kier molecular flexibility index (Phi) is 4.02. The molecule has 144 valence electrons. The molecule has 0 bridgehead atoms. The zero-order chi connectivity index (χ0) is 19.3. The van der Waals surface area contributed by atoms with Crippen LogP contribution in [0.5, 0.6) is 0 Å². The minimum atomic E-state index is 0.0866. The maximum absolute atomic E-state index is 12.0. The molecular formula is C23H26N4O. The SMILES string of the molecule is CC1(C)CN(Cc2ccc(-c3cccc4nc(NC(=O)C5CC5)cn34)cc2)C1. The quantitative estimate of drug-likeness (QED) is 0.728. The third-order valence-corrected chi connectivity index (χ3v) is 5.65. The summed E-state index contributed by atoms with van der Waals surface area (Å²) >= 11 is 0. The first kappa shape index (κ1) is 17.4. The van der Waals surface area contributed by atoms with Crippen molar-refractivity contribution in [2.45, 2.75) is 33.2 Å². The second kappa shape index (κ2) is 6.45. The molecule has 0 unspecified atom stereocenters. The van der Waals surface area contributed by atoms with Gasteiger partial charge in [0, 0.05) is 25.6 Å². The molecule has 0 spiro atoms. The number of nitrogens with zero attached hydrogens (tertiary/aromatic N) is 3. The lowest BCUT2D eigenvalue weighted by molar-refractivity contribution is -0.117. The van der Waals surface area contributed by atoms with Crippen molar-refractivity contribution in [2.24, 2.45) is 11.3 Å². The average molecular weight is 374 g/mol. The van der Waals surface area contributed by atoms with E-state index in [2.05, 4.69) is 63.8 Å². The van der Waals surface area contributed by atoms with E-state index < -0.39 is 0 Å². The molecule has 1 saturated heterocycles. The monoisotopic (exact) mass is 374 g/mol. The van der Waals surface area contributed by atoms with Gasteiger partial charge in [-0.1, -0.05) is 44.2 Å². The topological polar surface area (TPSA) is 49.6 Å². The van der Waals surface area contributed by atoms with Gasteiger partial charge in [0.15, 0.2) is 5.82 Å². The van der Waals surface area contributed by atoms with Crippen LogP contribution in [-0.4, -0.2) is 33.3 Å². The average Bonchev–Trinajstić information content (AvgIpc) is 3.41. The molecule has 2 aromatic heterocycles. The van der Waals surface area contributed by atoms with Crippen molar-refractivity contribution < 1.29 is 4.79 Å². The number of imidazole rings is 1. The summed E-state index contributed by atoms with van der Waals surface area (Å²) in [5.74, 6) is 0.888. The Balaban J connectivity index is 1.36. The van der Waals surface area contributed by atoms with Crippen molar-refractivity contribution in [1.82, 2.24) is 14.3 Å². The van der Waals surface area contributed by atoms with Crippen LogP contribution >= 0.6 is 0 Å². The van der Waals surface area contributed by atoms with Gasteiger partial charge in [-0.2, -0.15) is 0 Å². The second-order valence-electron chi connectivity index (χ2n) is 9.04. The minimum Gasteiger partial charge on any atom is -0.309 e.